The normalized spacial score (nSPS) is 10.8. The van der Waals surface area contributed by atoms with Crippen molar-refractivity contribution in [2.75, 3.05) is 25.3 Å². The Labute approximate surface area is 162 Å². The van der Waals surface area contributed by atoms with Crippen LogP contribution in [0.25, 0.3) is 0 Å². The van der Waals surface area contributed by atoms with Crippen LogP contribution in [0.4, 0.5) is 5.69 Å². The molecule has 9 heteroatoms. The van der Waals surface area contributed by atoms with E-state index in [0.29, 0.717) is 0 Å². The number of esters is 2. The highest BCUT2D eigenvalue weighted by Gasteiger charge is 2.22. The summed E-state index contributed by atoms with van der Waals surface area (Å²) in [7, 11) is -1.55. The largest absolute Gasteiger partial charge is 0.465 e. The molecule has 8 nitrogen and oxygen atoms in total. The van der Waals surface area contributed by atoms with E-state index in [1.54, 1.807) is 12.1 Å². The standard InChI is InChI=1S/C19H19NO7S/c1-12-4-7-14(8-5-12)28(24,25)11-17(21)20-16-10-13(18(22)26-2)6-9-15(16)19(23)27-3/h4-10H,11H2,1-3H3,(H,20,21). The van der Waals surface area contributed by atoms with Gasteiger partial charge in [-0.05, 0) is 37.3 Å². The van der Waals surface area contributed by atoms with Crippen molar-refractivity contribution < 1.29 is 32.3 Å². The lowest BCUT2D eigenvalue weighted by Crippen LogP contribution is -2.24. The van der Waals surface area contributed by atoms with E-state index in [4.69, 9.17) is 0 Å². The minimum Gasteiger partial charge on any atom is -0.465 e. The molecule has 0 aliphatic heterocycles. The van der Waals surface area contributed by atoms with Crippen LogP contribution in [-0.2, 0) is 24.1 Å². The van der Waals surface area contributed by atoms with Crippen LogP contribution in [0.1, 0.15) is 26.3 Å². The highest BCUT2D eigenvalue weighted by atomic mass is 32.2. The van der Waals surface area contributed by atoms with E-state index in [2.05, 4.69) is 14.8 Å². The molecule has 0 saturated heterocycles. The van der Waals surface area contributed by atoms with Gasteiger partial charge in [-0.15, -0.1) is 0 Å². The molecule has 0 aliphatic rings. The van der Waals surface area contributed by atoms with Crippen molar-refractivity contribution in [3.8, 4) is 0 Å². The molecule has 1 N–H and O–H groups in total. The molecule has 0 radical (unpaired) electrons. The van der Waals surface area contributed by atoms with Crippen molar-refractivity contribution in [2.45, 2.75) is 11.8 Å². The molecule has 0 unspecified atom stereocenters. The van der Waals surface area contributed by atoms with Gasteiger partial charge in [0.2, 0.25) is 5.91 Å². The number of anilines is 1. The summed E-state index contributed by atoms with van der Waals surface area (Å²) in [6, 6.07) is 9.90. The molecule has 0 fully saturated rings. The Bertz CT molecular complexity index is 1010. The SMILES string of the molecule is COC(=O)c1ccc(C(=O)OC)c(NC(=O)CS(=O)(=O)c2ccc(C)cc2)c1. The van der Waals surface area contributed by atoms with Crippen molar-refractivity contribution in [1.82, 2.24) is 0 Å². The number of aryl methyl sites for hydroxylation is 1. The van der Waals surface area contributed by atoms with Gasteiger partial charge in [0.05, 0.1) is 35.9 Å². The van der Waals surface area contributed by atoms with Gasteiger partial charge in [0.15, 0.2) is 9.84 Å². The van der Waals surface area contributed by atoms with Gasteiger partial charge in [0, 0.05) is 0 Å². The van der Waals surface area contributed by atoms with E-state index >= 15 is 0 Å². The maximum Gasteiger partial charge on any atom is 0.339 e. The molecule has 0 bridgehead atoms. The second kappa shape index (κ2) is 8.66. The topological polar surface area (TPSA) is 116 Å². The molecule has 148 valence electrons. The number of sulfone groups is 1. The van der Waals surface area contributed by atoms with Crippen LogP contribution in [0.15, 0.2) is 47.4 Å². The van der Waals surface area contributed by atoms with Gasteiger partial charge in [-0.2, -0.15) is 0 Å². The number of carbonyl (C=O) groups excluding carboxylic acids is 3. The summed E-state index contributed by atoms with van der Waals surface area (Å²) >= 11 is 0. The van der Waals surface area contributed by atoms with E-state index in [-0.39, 0.29) is 21.7 Å². The van der Waals surface area contributed by atoms with Crippen LogP contribution < -0.4 is 5.32 Å². The number of rotatable bonds is 6. The molecular formula is C19H19NO7S. The first kappa shape index (κ1) is 21.1. The van der Waals surface area contributed by atoms with Gasteiger partial charge < -0.3 is 14.8 Å². The van der Waals surface area contributed by atoms with E-state index in [1.807, 2.05) is 6.92 Å². The number of amides is 1. The molecule has 2 aromatic rings. The molecule has 28 heavy (non-hydrogen) atoms. The average Bonchev–Trinajstić information content (AvgIpc) is 2.66. The summed E-state index contributed by atoms with van der Waals surface area (Å²) in [6.45, 7) is 1.81. The molecule has 0 spiro atoms. The summed E-state index contributed by atoms with van der Waals surface area (Å²) in [4.78, 5) is 35.9. The summed E-state index contributed by atoms with van der Waals surface area (Å²) in [6.07, 6.45) is 0. The predicted octanol–water partition coefficient (Wildman–Crippen LogP) is 1.98. The zero-order valence-electron chi connectivity index (χ0n) is 15.5. The molecule has 1 amide bonds. The number of ether oxygens (including phenoxy) is 2. The number of hydrogen-bond acceptors (Lipinski definition) is 7. The first-order valence-electron chi connectivity index (χ1n) is 8.08. The van der Waals surface area contributed by atoms with Crippen LogP contribution in [0, 0.1) is 6.92 Å². The van der Waals surface area contributed by atoms with E-state index in [0.717, 1.165) is 12.7 Å². The van der Waals surface area contributed by atoms with Crippen molar-refractivity contribution >= 4 is 33.4 Å². The fourth-order valence-corrected chi connectivity index (χ4v) is 3.50. The van der Waals surface area contributed by atoms with Crippen molar-refractivity contribution in [3.05, 3.63) is 59.2 Å². The maximum atomic E-state index is 12.4. The second-order valence-corrected chi connectivity index (χ2v) is 7.85. The predicted molar refractivity (Wildman–Crippen MR) is 101 cm³/mol. The highest BCUT2D eigenvalue weighted by molar-refractivity contribution is 7.92. The Balaban J connectivity index is 2.29. The van der Waals surface area contributed by atoms with E-state index < -0.39 is 33.4 Å². The van der Waals surface area contributed by atoms with Gasteiger partial charge in [-0.1, -0.05) is 17.7 Å². The molecule has 0 heterocycles. The van der Waals surface area contributed by atoms with Crippen molar-refractivity contribution in [2.24, 2.45) is 0 Å². The summed E-state index contributed by atoms with van der Waals surface area (Å²) in [5.74, 6) is -3.14. The molecule has 0 saturated carbocycles. The summed E-state index contributed by atoms with van der Waals surface area (Å²) < 4.78 is 34.1. The fraction of sp³-hybridized carbons (Fsp3) is 0.211. The first-order chi connectivity index (χ1) is 13.2. The quantitative estimate of drug-likeness (QED) is 0.731. The molecule has 2 aromatic carbocycles. The Morgan fingerprint density at radius 3 is 2.11 bits per heavy atom. The summed E-state index contributed by atoms with van der Waals surface area (Å²) in [5, 5.41) is 2.36. The Morgan fingerprint density at radius 2 is 1.54 bits per heavy atom. The van der Waals surface area contributed by atoms with Crippen LogP contribution in [0.3, 0.4) is 0 Å². The first-order valence-corrected chi connectivity index (χ1v) is 9.73. The number of carbonyl (C=O) groups is 3. The zero-order chi connectivity index (χ0) is 20.9. The van der Waals surface area contributed by atoms with E-state index in [9.17, 15) is 22.8 Å². The Kier molecular flexibility index (Phi) is 6.53. The monoisotopic (exact) mass is 405 g/mol. The number of benzene rings is 2. The average molecular weight is 405 g/mol. The smallest absolute Gasteiger partial charge is 0.339 e. The minimum absolute atomic E-state index is 0.00440. The highest BCUT2D eigenvalue weighted by Crippen LogP contribution is 2.20. The molecule has 0 aromatic heterocycles. The third-order valence-electron chi connectivity index (χ3n) is 3.82. The third kappa shape index (κ3) is 4.95. The van der Waals surface area contributed by atoms with Crippen LogP contribution >= 0.6 is 0 Å². The lowest BCUT2D eigenvalue weighted by molar-refractivity contribution is -0.113. The molecular weight excluding hydrogens is 386 g/mol. The van der Waals surface area contributed by atoms with Crippen LogP contribution in [0.5, 0.6) is 0 Å². The van der Waals surface area contributed by atoms with Gasteiger partial charge in [-0.3, -0.25) is 4.79 Å². The maximum absolute atomic E-state index is 12.4. The second-order valence-electron chi connectivity index (χ2n) is 5.86. The van der Waals surface area contributed by atoms with Gasteiger partial charge in [0.25, 0.3) is 0 Å². The van der Waals surface area contributed by atoms with Crippen molar-refractivity contribution in [3.63, 3.8) is 0 Å². The summed E-state index contributed by atoms with van der Waals surface area (Å²) in [5.41, 5.74) is 0.868. The van der Waals surface area contributed by atoms with Gasteiger partial charge in [0.1, 0.15) is 5.75 Å². The minimum atomic E-state index is -3.89. The lowest BCUT2D eigenvalue weighted by atomic mass is 10.1. The van der Waals surface area contributed by atoms with Crippen LogP contribution in [0.2, 0.25) is 0 Å². The third-order valence-corrected chi connectivity index (χ3v) is 5.45. The Morgan fingerprint density at radius 1 is 0.929 bits per heavy atom. The van der Waals surface area contributed by atoms with Crippen molar-refractivity contribution in [1.29, 1.82) is 0 Å². The molecule has 0 atom stereocenters. The number of hydrogen-bond donors (Lipinski definition) is 1. The van der Waals surface area contributed by atoms with Gasteiger partial charge >= 0.3 is 11.9 Å². The zero-order valence-corrected chi connectivity index (χ0v) is 16.3. The number of nitrogens with one attached hydrogen (secondary N) is 1. The van der Waals surface area contributed by atoms with Gasteiger partial charge in [-0.25, -0.2) is 18.0 Å². The van der Waals surface area contributed by atoms with E-state index in [1.165, 1.54) is 37.4 Å². The Hall–Kier alpha value is -3.20. The lowest BCUT2D eigenvalue weighted by Gasteiger charge is -2.12. The molecule has 2 rings (SSSR count). The molecule has 0 aliphatic carbocycles. The number of methoxy groups -OCH3 is 2. The fourth-order valence-electron chi connectivity index (χ4n) is 2.37. The van der Waals surface area contributed by atoms with Crippen LogP contribution in [-0.4, -0.2) is 46.2 Å².